The third-order valence-corrected chi connectivity index (χ3v) is 0.771. The Morgan fingerprint density at radius 3 is 1.82 bits per heavy atom. The van der Waals surface area contributed by atoms with Gasteiger partial charge in [0.15, 0.2) is 0 Å². The second kappa shape index (κ2) is 11.6. The van der Waals surface area contributed by atoms with E-state index >= 15 is 0 Å². The maximum Gasteiger partial charge on any atom is 2.00 e. The quantitative estimate of drug-likeness (QED) is 0.434. The summed E-state index contributed by atoms with van der Waals surface area (Å²) in [6.45, 7) is 1.11. The second-order valence-corrected chi connectivity index (χ2v) is 3.36. The molecule has 0 radical (unpaired) electrons. The number of hydrogen-bond acceptors (Lipinski definition) is 2. The smallest absolute Gasteiger partial charge is 1.00 e. The van der Waals surface area contributed by atoms with Crippen LogP contribution in [0.4, 0.5) is 0 Å². The molecule has 0 heterocycles. The molecule has 0 atom stereocenters. The number of aliphatic hydroxyl groups excluding tert-OH is 1. The standard InChI is InChI=1S/C5H14NO.Ca.ClOP.2H/c1-6(2,3)4-5-7;;1-3-2;;/h7H,4-5H2,1-3H3;;;;/q+1;+2;;2*-1. The molecule has 1 N–H and O–H groups in total. The van der Waals surface area contributed by atoms with E-state index in [0.29, 0.717) is 0 Å². The maximum atomic E-state index is 8.67. The van der Waals surface area contributed by atoms with Crippen LogP contribution in [-0.4, -0.2) is 81.6 Å². The molecule has 66 valence electrons. The van der Waals surface area contributed by atoms with Crippen LogP contribution in [0.1, 0.15) is 2.85 Å². The summed E-state index contributed by atoms with van der Waals surface area (Å²) in [5.41, 5.74) is 0. The van der Waals surface area contributed by atoms with Crippen LogP contribution in [0.25, 0.3) is 0 Å². The van der Waals surface area contributed by atoms with Gasteiger partial charge in [0.1, 0.15) is 6.54 Å². The zero-order valence-electron chi connectivity index (χ0n) is 9.25. The number of aliphatic hydroxyl groups is 1. The molecular formula is C5H16CaClNO2P+. The topological polar surface area (TPSA) is 37.3 Å². The van der Waals surface area contributed by atoms with Crippen molar-refractivity contribution in [3.05, 3.63) is 0 Å². The Balaban J connectivity index is -0.0000000320. The Kier molecular flexibility index (Phi) is 19.3. The van der Waals surface area contributed by atoms with Crippen molar-refractivity contribution < 1.29 is 17.0 Å². The average Bonchev–Trinajstić information content (AvgIpc) is 1.63. The Bertz CT molecular complexity index is 97.1. The largest absolute Gasteiger partial charge is 2.00 e. The number of halogens is 1. The van der Waals surface area contributed by atoms with Crippen molar-refractivity contribution in [1.82, 2.24) is 0 Å². The van der Waals surface area contributed by atoms with Crippen LogP contribution in [0, 0.1) is 0 Å². The van der Waals surface area contributed by atoms with Crippen molar-refractivity contribution in [1.29, 1.82) is 0 Å². The summed E-state index contributed by atoms with van der Waals surface area (Å²) >= 11 is 4.42. The molecule has 0 aromatic rings. The third kappa shape index (κ3) is 34.2. The van der Waals surface area contributed by atoms with Gasteiger partial charge in [-0.1, -0.05) is 0 Å². The van der Waals surface area contributed by atoms with E-state index in [1.807, 2.05) is 0 Å². The summed E-state index contributed by atoms with van der Waals surface area (Å²) in [4.78, 5) is 0. The van der Waals surface area contributed by atoms with Gasteiger partial charge in [-0.15, -0.1) is 0 Å². The Labute approximate surface area is 107 Å². The van der Waals surface area contributed by atoms with Gasteiger partial charge >= 0.3 is 37.7 Å². The van der Waals surface area contributed by atoms with Crippen LogP contribution in [0.5, 0.6) is 0 Å². The molecule has 0 fully saturated rings. The van der Waals surface area contributed by atoms with Gasteiger partial charge in [-0.25, -0.2) is 0 Å². The van der Waals surface area contributed by atoms with Gasteiger partial charge < -0.3 is 12.4 Å². The predicted molar refractivity (Wildman–Crippen MR) is 51.4 cm³/mol. The number of nitrogens with zero attached hydrogens (tertiary/aromatic N) is 1. The summed E-state index contributed by atoms with van der Waals surface area (Å²) in [5, 5.41) is 8.39. The first kappa shape index (κ1) is 18.4. The number of likely N-dealkylation sites (N-methyl/N-ethyl adjacent to an activating group) is 1. The van der Waals surface area contributed by atoms with Crippen molar-refractivity contribution in [3.63, 3.8) is 0 Å². The van der Waals surface area contributed by atoms with Crippen LogP contribution in [0.2, 0.25) is 0 Å². The first-order valence-electron chi connectivity index (χ1n) is 2.83. The molecule has 0 bridgehead atoms. The molecule has 11 heavy (non-hydrogen) atoms. The van der Waals surface area contributed by atoms with Crippen LogP contribution in [0.15, 0.2) is 0 Å². The van der Waals surface area contributed by atoms with Crippen LogP contribution in [0.3, 0.4) is 0 Å². The Morgan fingerprint density at radius 2 is 1.82 bits per heavy atom. The van der Waals surface area contributed by atoms with E-state index < -0.39 is 0 Å². The number of hydrogen-bond donors (Lipinski definition) is 1. The molecule has 0 aliphatic rings. The zero-order valence-corrected chi connectivity index (χ0v) is 11.1. The van der Waals surface area contributed by atoms with E-state index in [9.17, 15) is 0 Å². The molecule has 0 aromatic carbocycles. The molecule has 6 heteroatoms. The molecule has 0 aromatic heterocycles. The molecule has 0 amide bonds. The molecule has 0 aliphatic heterocycles. The molecule has 0 rings (SSSR count). The average molecular weight is 229 g/mol. The van der Waals surface area contributed by atoms with E-state index in [-0.39, 0.29) is 55.0 Å². The monoisotopic (exact) mass is 228 g/mol. The maximum absolute atomic E-state index is 8.67. The first-order chi connectivity index (χ1) is 4.47. The fraction of sp³-hybridized carbons (Fsp3) is 1.00. The molecule has 3 nitrogen and oxygen atoms in total. The van der Waals surface area contributed by atoms with Gasteiger partial charge in [-0.3, -0.25) is 4.57 Å². The predicted octanol–water partition coefficient (Wildman–Crippen LogP) is 0.961. The molecule has 0 aliphatic carbocycles. The molecular weight excluding hydrogens is 213 g/mol. The van der Waals surface area contributed by atoms with Crippen LogP contribution in [-0.2, 0) is 4.57 Å². The number of rotatable bonds is 2. The Morgan fingerprint density at radius 1 is 1.55 bits per heavy atom. The zero-order chi connectivity index (χ0) is 8.62. The van der Waals surface area contributed by atoms with E-state index in [0.717, 1.165) is 11.0 Å². The van der Waals surface area contributed by atoms with E-state index in [2.05, 4.69) is 32.4 Å². The summed E-state index contributed by atoms with van der Waals surface area (Å²) in [6.07, 6.45) is 0. The normalized spacial score (nSPS) is 9.55. The van der Waals surface area contributed by atoms with Crippen molar-refractivity contribution in [3.8, 4) is 0 Å². The van der Waals surface area contributed by atoms with Crippen LogP contribution >= 0.6 is 19.1 Å². The molecule has 0 spiro atoms. The minimum absolute atomic E-state index is 0. The van der Waals surface area contributed by atoms with E-state index in [1.54, 1.807) is 0 Å². The van der Waals surface area contributed by atoms with Crippen molar-refractivity contribution in [2.24, 2.45) is 0 Å². The Hall–Kier alpha value is 1.57. The fourth-order valence-corrected chi connectivity index (χ4v) is 0.300. The van der Waals surface area contributed by atoms with Crippen molar-refractivity contribution in [2.75, 3.05) is 34.3 Å². The van der Waals surface area contributed by atoms with Gasteiger partial charge in [0, 0.05) is 0 Å². The minimum atomic E-state index is -0.361. The van der Waals surface area contributed by atoms with Gasteiger partial charge in [-0.2, -0.15) is 0 Å². The van der Waals surface area contributed by atoms with Gasteiger partial charge in [0.2, 0.25) is 0 Å². The van der Waals surface area contributed by atoms with Gasteiger partial charge in [0.05, 0.1) is 27.7 Å². The fourth-order valence-electron chi connectivity index (χ4n) is 0.300. The first-order valence-corrected chi connectivity index (χ1v) is 4.54. The summed E-state index contributed by atoms with van der Waals surface area (Å²) in [5.74, 6) is 0. The summed E-state index contributed by atoms with van der Waals surface area (Å²) in [7, 11) is 5.79. The van der Waals surface area contributed by atoms with Crippen LogP contribution < -0.4 is 0 Å². The van der Waals surface area contributed by atoms with Gasteiger partial charge in [0.25, 0.3) is 7.81 Å². The summed E-state index contributed by atoms with van der Waals surface area (Å²) in [6, 6.07) is 0. The minimum Gasteiger partial charge on any atom is -1.00 e. The van der Waals surface area contributed by atoms with Crippen molar-refractivity contribution >= 4 is 56.8 Å². The number of quaternary nitrogens is 1. The van der Waals surface area contributed by atoms with Crippen molar-refractivity contribution in [2.45, 2.75) is 0 Å². The molecule has 0 unspecified atom stereocenters. The molecule has 0 saturated heterocycles. The van der Waals surface area contributed by atoms with E-state index in [1.165, 1.54) is 0 Å². The second-order valence-electron chi connectivity index (χ2n) is 2.81. The van der Waals surface area contributed by atoms with E-state index in [4.69, 9.17) is 9.67 Å². The SMILES string of the molecule is C[N+](C)(C)CCO.O=PCl.[Ca+2].[H-].[H-]. The summed E-state index contributed by atoms with van der Waals surface area (Å²) < 4.78 is 9.51. The van der Waals surface area contributed by atoms with Gasteiger partial charge in [-0.05, 0) is 11.2 Å². The molecule has 0 saturated carbocycles. The third-order valence-electron chi connectivity index (χ3n) is 0.771.